The molecule has 3 nitrogen and oxygen atoms in total. The highest BCUT2D eigenvalue weighted by atomic mass is 79.9. The minimum Gasteiger partial charge on any atom is -0.327 e. The largest absolute Gasteiger partial charge is 0.327 e. The first-order valence-corrected chi connectivity index (χ1v) is 7.51. The van der Waals surface area contributed by atoms with E-state index in [4.69, 9.17) is 0 Å². The number of fused-ring (bicyclic) bond motifs is 1. The van der Waals surface area contributed by atoms with Gasteiger partial charge in [-0.05, 0) is 46.3 Å². The molecule has 98 valence electrons. The van der Waals surface area contributed by atoms with Gasteiger partial charge in [0.15, 0.2) is 0 Å². The number of imidazole rings is 1. The van der Waals surface area contributed by atoms with Gasteiger partial charge in [0.05, 0.1) is 11.1 Å². The van der Waals surface area contributed by atoms with Crippen LogP contribution in [0.4, 0.5) is 0 Å². The molecule has 0 aliphatic carbocycles. The van der Waals surface area contributed by atoms with Crippen molar-refractivity contribution in [2.24, 2.45) is 7.05 Å². The number of halogens is 2. The second-order valence-electron chi connectivity index (χ2n) is 4.40. The van der Waals surface area contributed by atoms with Crippen LogP contribution in [0, 0.1) is 11.3 Å². The molecule has 20 heavy (non-hydrogen) atoms. The molecule has 1 heterocycles. The van der Waals surface area contributed by atoms with Crippen molar-refractivity contribution in [3.63, 3.8) is 0 Å². The highest BCUT2D eigenvalue weighted by Crippen LogP contribution is 2.32. The highest BCUT2D eigenvalue weighted by molar-refractivity contribution is 9.11. The predicted octanol–water partition coefficient (Wildman–Crippen LogP) is 4.64. The summed E-state index contributed by atoms with van der Waals surface area (Å²) in [6.07, 6.45) is 0. The molecule has 0 spiro atoms. The lowest BCUT2D eigenvalue weighted by Crippen LogP contribution is -1.93. The van der Waals surface area contributed by atoms with Crippen LogP contribution >= 0.6 is 31.9 Å². The molecule has 0 aliphatic heterocycles. The number of aryl methyl sites for hydroxylation is 1. The van der Waals surface area contributed by atoms with Gasteiger partial charge in [-0.2, -0.15) is 5.26 Å². The molecule has 1 aromatic heterocycles. The number of nitriles is 1. The molecule has 0 fully saturated rings. The smallest absolute Gasteiger partial charge is 0.142 e. The minimum absolute atomic E-state index is 0.595. The van der Waals surface area contributed by atoms with Crippen molar-refractivity contribution in [3.05, 3.63) is 50.9 Å². The molecule has 0 saturated heterocycles. The summed E-state index contributed by atoms with van der Waals surface area (Å²) in [4.78, 5) is 4.64. The molecule has 3 aromatic rings. The maximum absolute atomic E-state index is 9.18. The summed E-state index contributed by atoms with van der Waals surface area (Å²) in [6, 6.07) is 13.8. The lowest BCUT2D eigenvalue weighted by molar-refractivity contribution is 0.958. The van der Waals surface area contributed by atoms with Crippen LogP contribution < -0.4 is 0 Å². The van der Waals surface area contributed by atoms with Gasteiger partial charge in [-0.15, -0.1) is 0 Å². The van der Waals surface area contributed by atoms with Gasteiger partial charge in [-0.25, -0.2) is 4.98 Å². The van der Waals surface area contributed by atoms with Crippen LogP contribution in [0.3, 0.4) is 0 Å². The zero-order valence-electron chi connectivity index (χ0n) is 10.6. The van der Waals surface area contributed by atoms with Crippen LogP contribution in [0.1, 0.15) is 5.56 Å². The molecule has 3 rings (SSSR count). The van der Waals surface area contributed by atoms with E-state index in [2.05, 4.69) is 42.9 Å². The number of hydrogen-bond donors (Lipinski definition) is 0. The first-order valence-electron chi connectivity index (χ1n) is 5.93. The Morgan fingerprint density at radius 2 is 2.00 bits per heavy atom. The van der Waals surface area contributed by atoms with Crippen molar-refractivity contribution in [1.29, 1.82) is 5.26 Å². The molecule has 0 amide bonds. The monoisotopic (exact) mass is 389 g/mol. The van der Waals surface area contributed by atoms with Gasteiger partial charge in [0, 0.05) is 21.6 Å². The van der Waals surface area contributed by atoms with Crippen LogP contribution in [0.25, 0.3) is 22.4 Å². The molecule has 2 aromatic carbocycles. The first kappa shape index (κ1) is 13.3. The van der Waals surface area contributed by atoms with Gasteiger partial charge in [0.1, 0.15) is 17.4 Å². The van der Waals surface area contributed by atoms with Gasteiger partial charge in [0.2, 0.25) is 0 Å². The Morgan fingerprint density at radius 3 is 2.70 bits per heavy atom. The minimum atomic E-state index is 0.595. The van der Waals surface area contributed by atoms with E-state index in [1.165, 1.54) is 0 Å². The maximum Gasteiger partial charge on any atom is 0.142 e. The third-order valence-electron chi connectivity index (χ3n) is 3.20. The number of para-hydroxylation sites is 1. The maximum atomic E-state index is 9.18. The van der Waals surface area contributed by atoms with Crippen molar-refractivity contribution in [1.82, 2.24) is 9.55 Å². The van der Waals surface area contributed by atoms with E-state index in [-0.39, 0.29) is 0 Å². The molecule has 5 heteroatoms. The molecule has 0 aliphatic rings. The van der Waals surface area contributed by atoms with Crippen molar-refractivity contribution in [2.75, 3.05) is 0 Å². The summed E-state index contributed by atoms with van der Waals surface area (Å²) in [5.41, 5.74) is 3.28. The second kappa shape index (κ2) is 5.04. The average Bonchev–Trinajstić information content (AvgIpc) is 2.76. The van der Waals surface area contributed by atoms with Gasteiger partial charge >= 0.3 is 0 Å². The predicted molar refractivity (Wildman–Crippen MR) is 86.3 cm³/mol. The number of hydrogen-bond acceptors (Lipinski definition) is 2. The lowest BCUT2D eigenvalue weighted by atomic mass is 10.2. The molecule has 0 N–H and O–H groups in total. The molecule has 0 unspecified atom stereocenters. The van der Waals surface area contributed by atoms with Crippen LogP contribution in [-0.2, 0) is 7.05 Å². The first-order chi connectivity index (χ1) is 9.61. The van der Waals surface area contributed by atoms with E-state index in [0.29, 0.717) is 5.56 Å². The van der Waals surface area contributed by atoms with E-state index in [0.717, 1.165) is 31.4 Å². The number of rotatable bonds is 1. The van der Waals surface area contributed by atoms with Crippen molar-refractivity contribution in [3.8, 4) is 17.5 Å². The Bertz CT molecular complexity index is 859. The van der Waals surface area contributed by atoms with Crippen LogP contribution in [0.15, 0.2) is 45.3 Å². The van der Waals surface area contributed by atoms with Crippen LogP contribution in [0.2, 0.25) is 0 Å². The van der Waals surface area contributed by atoms with E-state index in [9.17, 15) is 5.26 Å². The zero-order chi connectivity index (χ0) is 14.3. The Morgan fingerprint density at radius 1 is 1.20 bits per heavy atom. The normalized spacial score (nSPS) is 10.7. The molecular formula is C15H9Br2N3. The van der Waals surface area contributed by atoms with Gasteiger partial charge < -0.3 is 4.57 Å². The molecule has 0 atom stereocenters. The Balaban J connectivity index is 2.33. The lowest BCUT2D eigenvalue weighted by Gasteiger charge is -2.05. The molecular weight excluding hydrogens is 382 g/mol. The highest BCUT2D eigenvalue weighted by Gasteiger charge is 2.14. The standard InChI is InChI=1S/C15H9Br2N3/c1-20-13-4-2-3-9(8-18)14(13)19-15(20)11-6-5-10(16)7-12(11)17/h2-7H,1H3. The molecule has 0 radical (unpaired) electrons. The van der Waals surface area contributed by atoms with Crippen LogP contribution in [0.5, 0.6) is 0 Å². The third-order valence-corrected chi connectivity index (χ3v) is 4.35. The Kier molecular flexibility index (Phi) is 3.36. The summed E-state index contributed by atoms with van der Waals surface area (Å²) < 4.78 is 3.97. The van der Waals surface area contributed by atoms with Crippen LogP contribution in [-0.4, -0.2) is 9.55 Å². The fraction of sp³-hybridized carbons (Fsp3) is 0.0667. The molecule has 0 saturated carbocycles. The average molecular weight is 391 g/mol. The summed E-state index contributed by atoms with van der Waals surface area (Å²) in [6.45, 7) is 0. The second-order valence-corrected chi connectivity index (χ2v) is 6.17. The Hall–Kier alpha value is -1.64. The van der Waals surface area contributed by atoms with E-state index < -0.39 is 0 Å². The topological polar surface area (TPSA) is 41.6 Å². The summed E-state index contributed by atoms with van der Waals surface area (Å²) in [5, 5.41) is 9.18. The molecule has 0 bridgehead atoms. The summed E-state index contributed by atoms with van der Waals surface area (Å²) in [7, 11) is 1.96. The quantitative estimate of drug-likeness (QED) is 0.607. The Labute approximate surface area is 133 Å². The van der Waals surface area contributed by atoms with Gasteiger partial charge in [0.25, 0.3) is 0 Å². The van der Waals surface area contributed by atoms with E-state index in [1.54, 1.807) is 6.07 Å². The van der Waals surface area contributed by atoms with Crippen molar-refractivity contribution < 1.29 is 0 Å². The summed E-state index contributed by atoms with van der Waals surface area (Å²) in [5.74, 6) is 0.835. The SMILES string of the molecule is Cn1c(-c2ccc(Br)cc2Br)nc2c(C#N)cccc21. The fourth-order valence-corrected chi connectivity index (χ4v) is 3.44. The number of nitrogens with zero attached hydrogens (tertiary/aromatic N) is 3. The number of benzene rings is 2. The fourth-order valence-electron chi connectivity index (χ4n) is 2.22. The van der Waals surface area contributed by atoms with Crippen molar-refractivity contribution in [2.45, 2.75) is 0 Å². The number of aromatic nitrogens is 2. The zero-order valence-corrected chi connectivity index (χ0v) is 13.7. The van der Waals surface area contributed by atoms with E-state index >= 15 is 0 Å². The summed E-state index contributed by atoms with van der Waals surface area (Å²) >= 11 is 7.01. The van der Waals surface area contributed by atoms with Gasteiger partial charge in [-0.1, -0.05) is 22.0 Å². The third kappa shape index (κ3) is 2.05. The van der Waals surface area contributed by atoms with Crippen molar-refractivity contribution >= 4 is 42.9 Å². The van der Waals surface area contributed by atoms with E-state index in [1.807, 2.05) is 41.9 Å². The van der Waals surface area contributed by atoms with Gasteiger partial charge in [-0.3, -0.25) is 0 Å².